The van der Waals surface area contributed by atoms with Crippen molar-refractivity contribution in [1.29, 1.82) is 0 Å². The zero-order chi connectivity index (χ0) is 45.2. The van der Waals surface area contributed by atoms with E-state index in [1.54, 1.807) is 0 Å². The van der Waals surface area contributed by atoms with Crippen LogP contribution in [0.4, 0.5) is 0 Å². The first-order valence-corrected chi connectivity index (χ1v) is 22.3. The Kier molecular flexibility index (Phi) is 29.8. The summed E-state index contributed by atoms with van der Waals surface area (Å²) in [7, 11) is -16.3. The average Bonchev–Trinajstić information content (AvgIpc) is 3.14. The van der Waals surface area contributed by atoms with E-state index in [0.29, 0.717) is 19.3 Å². The average molecular weight is 1010 g/mol. The fourth-order valence-electron chi connectivity index (χ4n) is 6.51. The molecule has 3 aliphatic rings. The molecule has 3 aliphatic heterocycles. The van der Waals surface area contributed by atoms with E-state index in [2.05, 4.69) is 22.6 Å². The Labute approximate surface area is 430 Å². The summed E-state index contributed by atoms with van der Waals surface area (Å²) in [6, 6.07) is -1.55. The molecule has 27 nitrogen and oxygen atoms in total. The number of hydrogen-bond donors (Lipinski definition) is 6. The fraction of sp³-hybridized carbons (Fsp3) is 0.933. The van der Waals surface area contributed by atoms with Crippen LogP contribution in [0.25, 0.3) is 0 Å². The third-order valence-corrected chi connectivity index (χ3v) is 10.7. The van der Waals surface area contributed by atoms with Gasteiger partial charge in [-0.3, -0.25) is 22.1 Å². The second-order valence-electron chi connectivity index (χ2n) is 13.8. The Hall–Kier alpha value is 1.11. The van der Waals surface area contributed by atoms with E-state index in [9.17, 15) is 74.0 Å². The van der Waals surface area contributed by atoms with Crippen LogP contribution >= 0.6 is 0 Å². The summed E-state index contributed by atoms with van der Waals surface area (Å²) in [4.78, 5) is 23.9. The summed E-state index contributed by atoms with van der Waals surface area (Å²) < 4.78 is 156. The Balaban J connectivity index is 0.0000128. The molecule has 0 aromatic heterocycles. The minimum Gasteiger partial charge on any atom is -0.726 e. The second-order valence-corrected chi connectivity index (χ2v) is 16.9. The molecule has 6 N–H and O–H groups in total. The van der Waals surface area contributed by atoms with E-state index < -0.39 is 142 Å². The number of unbranched alkanes of at least 4 members (excludes halogenated alkanes) is 5. The van der Waals surface area contributed by atoms with Crippen molar-refractivity contribution in [2.45, 2.75) is 151 Å². The third kappa shape index (κ3) is 21.3. The van der Waals surface area contributed by atoms with Crippen LogP contribution < -0.4 is 94.0 Å². The van der Waals surface area contributed by atoms with Gasteiger partial charge in [-0.1, -0.05) is 25.7 Å². The molecule has 15 atom stereocenters. The molecule has 3 fully saturated rings. The summed E-state index contributed by atoms with van der Waals surface area (Å²) in [5.41, 5.74) is 0. The summed E-state index contributed by atoms with van der Waals surface area (Å²) in [6.07, 6.45) is -24.5. The van der Waals surface area contributed by atoms with Crippen molar-refractivity contribution >= 4 is 43.1 Å². The molecule has 1 amide bonds. The summed E-state index contributed by atoms with van der Waals surface area (Å²) in [5, 5.41) is 55.8. The molecule has 3 saturated heterocycles. The van der Waals surface area contributed by atoms with Gasteiger partial charge in [-0.25, -0.2) is 25.3 Å². The van der Waals surface area contributed by atoms with Crippen molar-refractivity contribution < 1.29 is 208 Å². The van der Waals surface area contributed by atoms with E-state index in [1.165, 1.54) is 14.0 Å². The molecule has 63 heavy (non-hydrogen) atoms. The molecule has 0 unspecified atom stereocenters. The molecule has 0 aliphatic carbocycles. The molecular weight excluding hydrogens is 955 g/mol. The zero-order valence-corrected chi connectivity index (χ0v) is 43.7. The van der Waals surface area contributed by atoms with Crippen molar-refractivity contribution in [3.05, 3.63) is 0 Å². The zero-order valence-electron chi connectivity index (χ0n) is 35.3. The van der Waals surface area contributed by atoms with Crippen molar-refractivity contribution in [1.82, 2.24) is 5.32 Å². The van der Waals surface area contributed by atoms with Crippen LogP contribution in [0.3, 0.4) is 0 Å². The Morgan fingerprint density at radius 2 is 1.17 bits per heavy atom. The van der Waals surface area contributed by atoms with Crippen LogP contribution in [0.2, 0.25) is 0 Å². The van der Waals surface area contributed by atoms with E-state index >= 15 is 0 Å². The van der Waals surface area contributed by atoms with Crippen molar-refractivity contribution in [2.24, 2.45) is 0 Å². The number of rotatable bonds is 23. The second kappa shape index (κ2) is 29.3. The number of methoxy groups -OCH3 is 1. The predicted molar refractivity (Wildman–Crippen MR) is 185 cm³/mol. The number of ether oxygens (including phenoxy) is 7. The molecule has 352 valence electrons. The van der Waals surface area contributed by atoms with Gasteiger partial charge in [0, 0.05) is 20.0 Å². The van der Waals surface area contributed by atoms with Crippen LogP contribution in [-0.2, 0) is 86.5 Å². The van der Waals surface area contributed by atoms with Gasteiger partial charge in [0.25, 0.3) is 0 Å². The normalized spacial score (nSPS) is 33.8. The first-order chi connectivity index (χ1) is 27.9. The largest absolute Gasteiger partial charge is 1.00 e. The molecule has 3 rings (SSSR count). The molecule has 0 aromatic carbocycles. The molecule has 0 saturated carbocycles. The Bertz CT molecular complexity index is 1720. The SMILES string of the molecule is COC(=O)CCCCCCCCO[C@@H]1O[C@H](CO)[C@@H](O[C@@H]2O[C@H](COS(=O)(=O)[O-])[C@H](OS(=O)(=O)[O-])[C@H](OS(=O)(=O)[O-])[C@H]2O)[C@H](O[C@@H]2O[C@@H](C)[C@@H](O)[C@@H](O)[C@@H]2O)[C@H]1NC(C)=O.[Na+].[Na+].[Na+]. The number of esters is 1. The molecule has 3 heterocycles. The molecule has 0 bridgehead atoms. The molecule has 33 heteroatoms. The summed E-state index contributed by atoms with van der Waals surface area (Å²) in [6.45, 7) is -0.310. The van der Waals surface area contributed by atoms with Gasteiger partial charge in [-0.05, 0) is 19.8 Å². The molecule has 0 radical (unpaired) electrons. The maximum atomic E-state index is 12.6. The number of carbonyl (C=O) groups excluding carboxylic acids is 2. The number of aliphatic hydroxyl groups is 5. The van der Waals surface area contributed by atoms with Gasteiger partial charge in [0.05, 0.1) is 26.4 Å². The first kappa shape index (κ1) is 64.1. The van der Waals surface area contributed by atoms with Gasteiger partial charge in [-0.2, -0.15) is 0 Å². The fourth-order valence-corrected chi connectivity index (χ4v) is 7.81. The maximum absolute atomic E-state index is 12.6. The van der Waals surface area contributed by atoms with Crippen LogP contribution in [0, 0.1) is 0 Å². The van der Waals surface area contributed by atoms with Crippen molar-refractivity contribution in [2.75, 3.05) is 26.9 Å². The summed E-state index contributed by atoms with van der Waals surface area (Å²) in [5.74, 6) is -1.10. The number of hydrogen-bond acceptors (Lipinski definition) is 26. The van der Waals surface area contributed by atoms with Gasteiger partial charge in [0.15, 0.2) is 18.9 Å². The standard InChI is InChI=1S/C30H53NO26S3.3Na/c1-14-20(35)21(36)22(37)29(51-14)55-26-19(31-15(2)33)28(49-11-9-7-5-4-6-8-10-18(34)48-3)52-16(12-32)24(26)54-30-23(38)27(57-60(45,46)47)25(56-59(42,43)44)17(53-30)13-50-58(39,40)41;;;/h14,16-17,19-30,32,35-38H,4-13H2,1-3H3,(H,31,33)(H,39,40,41)(H,42,43,44)(H,45,46,47);;;/q;3*+1/p-3/t14-,16+,17+,19+,20+,21+,22-,23+,24+,25-,26+,27+,28+,29-,30-;;;/m0.../s1. The topological polar surface area (TPSA) is 411 Å². The maximum Gasteiger partial charge on any atom is 1.00 e. The third-order valence-electron chi connectivity index (χ3n) is 9.32. The van der Waals surface area contributed by atoms with Gasteiger partial charge in [0.2, 0.25) is 37.1 Å². The van der Waals surface area contributed by atoms with Crippen molar-refractivity contribution in [3.8, 4) is 0 Å². The first-order valence-electron chi connectivity index (χ1n) is 18.3. The Morgan fingerprint density at radius 1 is 0.651 bits per heavy atom. The minimum atomic E-state index is -5.97. The van der Waals surface area contributed by atoms with Gasteiger partial charge < -0.3 is 77.7 Å². The van der Waals surface area contributed by atoms with Crippen LogP contribution in [-0.4, -0.2) is 195 Å². The van der Waals surface area contributed by atoms with Gasteiger partial charge in [-0.15, -0.1) is 0 Å². The summed E-state index contributed by atoms with van der Waals surface area (Å²) >= 11 is 0. The monoisotopic (exact) mass is 1010 g/mol. The van der Waals surface area contributed by atoms with E-state index in [0.717, 1.165) is 26.2 Å². The van der Waals surface area contributed by atoms with E-state index in [1.807, 2.05) is 0 Å². The van der Waals surface area contributed by atoms with Crippen LogP contribution in [0.5, 0.6) is 0 Å². The smallest absolute Gasteiger partial charge is 0.726 e. The molecule has 0 aromatic rings. The van der Waals surface area contributed by atoms with E-state index in [4.69, 9.17) is 28.4 Å². The number of amides is 1. The predicted octanol–water partition coefficient (Wildman–Crippen LogP) is -14.0. The number of carbonyl (C=O) groups is 2. The molecular formula is C30H50NNa3O26S3. The van der Waals surface area contributed by atoms with Crippen LogP contribution in [0.15, 0.2) is 0 Å². The number of nitrogens with one attached hydrogen (secondary N) is 1. The Morgan fingerprint density at radius 3 is 1.71 bits per heavy atom. The van der Waals surface area contributed by atoms with Gasteiger partial charge in [0.1, 0.15) is 67.1 Å². The van der Waals surface area contributed by atoms with Crippen LogP contribution in [0.1, 0.15) is 58.8 Å². The van der Waals surface area contributed by atoms with Gasteiger partial charge >= 0.3 is 94.6 Å². The minimum absolute atomic E-state index is 0. The van der Waals surface area contributed by atoms with Crippen molar-refractivity contribution in [3.63, 3.8) is 0 Å². The number of aliphatic hydroxyl groups excluding tert-OH is 5. The molecule has 0 spiro atoms. The van der Waals surface area contributed by atoms with E-state index in [-0.39, 0.29) is 108 Å². The quantitative estimate of drug-likeness (QED) is 0.0182.